The predicted molar refractivity (Wildman–Crippen MR) is 74.0 cm³/mol. The van der Waals surface area contributed by atoms with E-state index in [0.717, 1.165) is 43.2 Å². The van der Waals surface area contributed by atoms with Crippen molar-refractivity contribution in [3.8, 4) is 0 Å². The van der Waals surface area contributed by atoms with Gasteiger partial charge in [-0.3, -0.25) is 4.79 Å². The molecule has 2 bridgehead atoms. The van der Waals surface area contributed by atoms with E-state index in [1.807, 2.05) is 29.2 Å². The highest BCUT2D eigenvalue weighted by Crippen LogP contribution is 2.37. The number of rotatable bonds is 2. The van der Waals surface area contributed by atoms with Crippen LogP contribution in [-0.4, -0.2) is 34.1 Å². The van der Waals surface area contributed by atoms with Gasteiger partial charge in [0.2, 0.25) is 0 Å². The summed E-state index contributed by atoms with van der Waals surface area (Å²) in [4.78, 5) is 14.8. The Balaban J connectivity index is 1.89. The summed E-state index contributed by atoms with van der Waals surface area (Å²) in [5.74, 6) is 0.164. The van der Waals surface area contributed by atoms with Crippen LogP contribution in [0.1, 0.15) is 48.5 Å². The van der Waals surface area contributed by atoms with Crippen molar-refractivity contribution in [3.05, 3.63) is 35.4 Å². The zero-order valence-electron chi connectivity index (χ0n) is 11.4. The number of carbonyl (C=O) groups excluding carboxylic acids is 1. The SMILES string of the molecule is CCc1ccccc1C(=O)N1C2CCC1CC(O)C2. The summed E-state index contributed by atoms with van der Waals surface area (Å²) in [6.07, 6.45) is 4.24. The number of amides is 1. The van der Waals surface area contributed by atoms with E-state index < -0.39 is 0 Å². The molecule has 2 aliphatic heterocycles. The van der Waals surface area contributed by atoms with Gasteiger partial charge >= 0.3 is 0 Å². The number of hydrogen-bond donors (Lipinski definition) is 1. The number of hydrogen-bond acceptors (Lipinski definition) is 2. The molecule has 0 saturated carbocycles. The van der Waals surface area contributed by atoms with Gasteiger partial charge < -0.3 is 10.0 Å². The van der Waals surface area contributed by atoms with E-state index in [1.54, 1.807) is 0 Å². The largest absolute Gasteiger partial charge is 0.393 e. The number of aliphatic hydroxyl groups excluding tert-OH is 1. The molecule has 2 heterocycles. The van der Waals surface area contributed by atoms with Gasteiger partial charge in [0.05, 0.1) is 6.10 Å². The van der Waals surface area contributed by atoms with Gasteiger partial charge in [0, 0.05) is 17.6 Å². The molecule has 0 aromatic heterocycles. The van der Waals surface area contributed by atoms with Gasteiger partial charge in [-0.15, -0.1) is 0 Å². The fourth-order valence-electron chi connectivity index (χ4n) is 3.66. The third kappa shape index (κ3) is 2.16. The van der Waals surface area contributed by atoms with Crippen LogP contribution in [0.2, 0.25) is 0 Å². The molecule has 3 heteroatoms. The molecule has 0 aliphatic carbocycles. The van der Waals surface area contributed by atoms with Crippen LogP contribution in [0, 0.1) is 0 Å². The van der Waals surface area contributed by atoms with Crippen LogP contribution in [0.15, 0.2) is 24.3 Å². The van der Waals surface area contributed by atoms with Crippen molar-refractivity contribution in [2.24, 2.45) is 0 Å². The van der Waals surface area contributed by atoms with Gasteiger partial charge in [-0.1, -0.05) is 25.1 Å². The van der Waals surface area contributed by atoms with Gasteiger partial charge in [-0.2, -0.15) is 0 Å². The second kappa shape index (κ2) is 4.97. The first-order chi connectivity index (χ1) is 9.20. The van der Waals surface area contributed by atoms with Gasteiger partial charge in [0.25, 0.3) is 5.91 Å². The average molecular weight is 259 g/mol. The lowest BCUT2D eigenvalue weighted by Gasteiger charge is -2.37. The molecule has 2 saturated heterocycles. The molecule has 2 atom stereocenters. The van der Waals surface area contributed by atoms with E-state index in [1.165, 1.54) is 0 Å². The second-order valence-electron chi connectivity index (χ2n) is 5.73. The number of piperidine rings is 1. The van der Waals surface area contributed by atoms with Gasteiger partial charge in [-0.25, -0.2) is 0 Å². The Bertz CT molecular complexity index is 471. The molecule has 102 valence electrons. The maximum absolute atomic E-state index is 12.8. The Hall–Kier alpha value is -1.35. The third-order valence-corrected chi connectivity index (χ3v) is 4.57. The van der Waals surface area contributed by atoms with E-state index in [0.29, 0.717) is 0 Å². The Labute approximate surface area is 114 Å². The van der Waals surface area contributed by atoms with Gasteiger partial charge in [-0.05, 0) is 43.7 Å². The van der Waals surface area contributed by atoms with Crippen molar-refractivity contribution in [1.82, 2.24) is 4.90 Å². The van der Waals surface area contributed by atoms with Crippen molar-refractivity contribution in [1.29, 1.82) is 0 Å². The zero-order chi connectivity index (χ0) is 13.4. The lowest BCUT2D eigenvalue weighted by Crippen LogP contribution is -2.48. The van der Waals surface area contributed by atoms with E-state index in [4.69, 9.17) is 0 Å². The highest BCUT2D eigenvalue weighted by atomic mass is 16.3. The molecular weight excluding hydrogens is 238 g/mol. The summed E-state index contributed by atoms with van der Waals surface area (Å²) in [7, 11) is 0. The molecule has 2 aliphatic rings. The Morgan fingerprint density at radius 1 is 1.26 bits per heavy atom. The fraction of sp³-hybridized carbons (Fsp3) is 0.562. The molecule has 1 N–H and O–H groups in total. The Morgan fingerprint density at radius 3 is 2.53 bits per heavy atom. The molecule has 2 fully saturated rings. The molecule has 19 heavy (non-hydrogen) atoms. The zero-order valence-corrected chi connectivity index (χ0v) is 11.4. The van der Waals surface area contributed by atoms with E-state index >= 15 is 0 Å². The van der Waals surface area contributed by atoms with E-state index in [-0.39, 0.29) is 24.1 Å². The lowest BCUT2D eigenvalue weighted by atomic mass is 9.97. The number of carbonyl (C=O) groups is 1. The second-order valence-corrected chi connectivity index (χ2v) is 5.73. The van der Waals surface area contributed by atoms with Crippen LogP contribution in [0.25, 0.3) is 0 Å². The fourth-order valence-corrected chi connectivity index (χ4v) is 3.66. The first-order valence-corrected chi connectivity index (χ1v) is 7.29. The van der Waals surface area contributed by atoms with Crippen LogP contribution >= 0.6 is 0 Å². The lowest BCUT2D eigenvalue weighted by molar-refractivity contribution is 0.0286. The number of aryl methyl sites for hydroxylation is 1. The highest BCUT2D eigenvalue weighted by molar-refractivity contribution is 5.96. The van der Waals surface area contributed by atoms with Crippen LogP contribution in [0.4, 0.5) is 0 Å². The maximum atomic E-state index is 12.8. The summed E-state index contributed by atoms with van der Waals surface area (Å²) < 4.78 is 0. The number of aliphatic hydroxyl groups is 1. The summed E-state index contributed by atoms with van der Waals surface area (Å²) in [5.41, 5.74) is 1.97. The standard InChI is InChI=1S/C16H21NO2/c1-2-11-5-3-4-6-15(11)16(19)17-12-7-8-13(17)10-14(18)9-12/h3-6,12-14,18H,2,7-10H2,1H3. The summed E-state index contributed by atoms with van der Waals surface area (Å²) in [6.45, 7) is 2.08. The quantitative estimate of drug-likeness (QED) is 0.886. The van der Waals surface area contributed by atoms with Gasteiger partial charge in [0.15, 0.2) is 0 Å². The molecule has 3 rings (SSSR count). The summed E-state index contributed by atoms with van der Waals surface area (Å²) >= 11 is 0. The highest BCUT2D eigenvalue weighted by Gasteiger charge is 2.43. The van der Waals surface area contributed by atoms with Crippen molar-refractivity contribution in [2.75, 3.05) is 0 Å². The molecule has 0 spiro atoms. The first-order valence-electron chi connectivity index (χ1n) is 7.29. The van der Waals surface area contributed by atoms with Crippen molar-refractivity contribution in [2.45, 2.75) is 57.2 Å². The number of fused-ring (bicyclic) bond motifs is 2. The third-order valence-electron chi connectivity index (χ3n) is 4.57. The summed E-state index contributed by atoms with van der Waals surface area (Å²) in [5, 5.41) is 9.82. The van der Waals surface area contributed by atoms with Crippen LogP contribution in [-0.2, 0) is 6.42 Å². The van der Waals surface area contributed by atoms with Crippen molar-refractivity contribution < 1.29 is 9.90 Å². The molecule has 1 amide bonds. The maximum Gasteiger partial charge on any atom is 0.254 e. The Morgan fingerprint density at radius 2 is 1.89 bits per heavy atom. The van der Waals surface area contributed by atoms with E-state index in [2.05, 4.69) is 6.92 Å². The van der Waals surface area contributed by atoms with Crippen molar-refractivity contribution in [3.63, 3.8) is 0 Å². The van der Waals surface area contributed by atoms with Crippen LogP contribution in [0.5, 0.6) is 0 Å². The topological polar surface area (TPSA) is 40.5 Å². The predicted octanol–water partition coefficient (Wildman–Crippen LogP) is 2.38. The van der Waals surface area contributed by atoms with Gasteiger partial charge in [0.1, 0.15) is 0 Å². The molecule has 2 unspecified atom stereocenters. The monoisotopic (exact) mass is 259 g/mol. The minimum Gasteiger partial charge on any atom is -0.393 e. The molecule has 0 radical (unpaired) electrons. The first kappa shape index (κ1) is 12.7. The number of nitrogens with zero attached hydrogens (tertiary/aromatic N) is 1. The summed E-state index contributed by atoms with van der Waals surface area (Å²) in [6, 6.07) is 8.38. The molecule has 3 nitrogen and oxygen atoms in total. The van der Waals surface area contributed by atoms with Crippen LogP contribution < -0.4 is 0 Å². The molecular formula is C16H21NO2. The molecule has 1 aromatic rings. The smallest absolute Gasteiger partial charge is 0.254 e. The van der Waals surface area contributed by atoms with Crippen molar-refractivity contribution >= 4 is 5.91 Å². The Kier molecular flexibility index (Phi) is 3.31. The number of benzene rings is 1. The minimum absolute atomic E-state index is 0.164. The normalized spacial score (nSPS) is 29.6. The van der Waals surface area contributed by atoms with E-state index in [9.17, 15) is 9.90 Å². The average Bonchev–Trinajstić information content (AvgIpc) is 2.70. The van der Waals surface area contributed by atoms with Crippen LogP contribution in [0.3, 0.4) is 0 Å². The minimum atomic E-state index is -0.219. The molecule has 1 aromatic carbocycles.